The van der Waals surface area contributed by atoms with Gasteiger partial charge in [0.1, 0.15) is 24.1 Å². The number of rotatable bonds is 9. The van der Waals surface area contributed by atoms with Crippen LogP contribution in [0.15, 0.2) is 39.4 Å². The molecule has 3 heterocycles. The van der Waals surface area contributed by atoms with E-state index in [4.69, 9.17) is 8.83 Å². The van der Waals surface area contributed by atoms with Crippen molar-refractivity contribution < 1.29 is 18.4 Å². The average molecular weight is 443 g/mol. The van der Waals surface area contributed by atoms with E-state index in [1.54, 1.807) is 30.5 Å². The van der Waals surface area contributed by atoms with E-state index in [2.05, 4.69) is 20.7 Å². The van der Waals surface area contributed by atoms with Crippen molar-refractivity contribution in [2.24, 2.45) is 0 Å². The molecule has 0 saturated carbocycles. The molecule has 0 aliphatic heterocycles. The van der Waals surface area contributed by atoms with Crippen LogP contribution >= 0.6 is 0 Å². The lowest BCUT2D eigenvalue weighted by atomic mass is 10.0. The summed E-state index contributed by atoms with van der Waals surface area (Å²) >= 11 is 0. The molecule has 0 aliphatic rings. The molecule has 0 unspecified atom stereocenters. The summed E-state index contributed by atoms with van der Waals surface area (Å²) < 4.78 is 11.0. The van der Waals surface area contributed by atoms with Gasteiger partial charge in [-0.05, 0) is 63.6 Å². The molecule has 1 N–H and O–H groups in total. The first kappa shape index (κ1) is 23.2. The number of aryl methyl sites for hydroxylation is 1. The number of aromatic nitrogens is 4. The highest BCUT2D eigenvalue weighted by Crippen LogP contribution is 2.18. The maximum Gasteiger partial charge on any atom is 0.247 e. The number of furan rings is 2. The summed E-state index contributed by atoms with van der Waals surface area (Å²) in [4.78, 5) is 29.1. The van der Waals surface area contributed by atoms with Crippen molar-refractivity contribution in [2.45, 2.75) is 72.1 Å². The molecule has 0 spiro atoms. The number of amides is 2. The molecule has 172 valence electrons. The van der Waals surface area contributed by atoms with Crippen LogP contribution in [0.25, 0.3) is 11.6 Å². The molecule has 2 amide bonds. The monoisotopic (exact) mass is 442 g/mol. The summed E-state index contributed by atoms with van der Waals surface area (Å²) in [5.74, 6) is 1.55. The van der Waals surface area contributed by atoms with Gasteiger partial charge in [-0.1, -0.05) is 13.3 Å². The van der Waals surface area contributed by atoms with E-state index in [-0.39, 0.29) is 24.9 Å². The summed E-state index contributed by atoms with van der Waals surface area (Å²) in [5.41, 5.74) is -0.425. The van der Waals surface area contributed by atoms with Crippen LogP contribution in [0, 0.1) is 6.92 Å². The van der Waals surface area contributed by atoms with Crippen molar-refractivity contribution in [3.05, 3.63) is 42.0 Å². The zero-order chi connectivity index (χ0) is 23.3. The van der Waals surface area contributed by atoms with E-state index in [1.165, 1.54) is 9.70 Å². The molecular formula is C22H30N6O4. The molecule has 0 fully saturated rings. The molecule has 0 bridgehead atoms. The fourth-order valence-electron chi connectivity index (χ4n) is 3.27. The molecule has 0 radical (unpaired) electrons. The lowest BCUT2D eigenvalue weighted by Crippen LogP contribution is -2.54. The number of hydrogen-bond acceptors (Lipinski definition) is 7. The minimum Gasteiger partial charge on any atom is -0.467 e. The summed E-state index contributed by atoms with van der Waals surface area (Å²) in [6.07, 6.45) is 2.78. The molecule has 10 nitrogen and oxygen atoms in total. The maximum atomic E-state index is 13.3. The quantitative estimate of drug-likeness (QED) is 0.541. The number of tetrazole rings is 1. The highest BCUT2D eigenvalue weighted by molar-refractivity contribution is 5.88. The molecule has 1 atom stereocenters. The lowest BCUT2D eigenvalue weighted by Gasteiger charge is -2.32. The third-order valence-corrected chi connectivity index (χ3v) is 4.66. The average Bonchev–Trinajstić information content (AvgIpc) is 3.45. The van der Waals surface area contributed by atoms with Crippen molar-refractivity contribution >= 4 is 11.8 Å². The predicted octanol–water partition coefficient (Wildman–Crippen LogP) is 2.95. The SMILES string of the molecule is CCC[C@@H](C(=O)NC(C)(C)C)N(Cc1ccco1)C(=O)Cn1nnc(-c2ccc(C)o2)n1. The molecule has 3 aromatic rings. The van der Waals surface area contributed by atoms with Crippen LogP contribution in [-0.4, -0.2) is 48.5 Å². The van der Waals surface area contributed by atoms with Gasteiger partial charge >= 0.3 is 0 Å². The summed E-state index contributed by atoms with van der Waals surface area (Å²) in [7, 11) is 0. The number of nitrogens with zero attached hydrogens (tertiary/aromatic N) is 5. The van der Waals surface area contributed by atoms with Gasteiger partial charge in [0.25, 0.3) is 0 Å². The summed E-state index contributed by atoms with van der Waals surface area (Å²) in [6, 6.07) is 6.41. The van der Waals surface area contributed by atoms with Crippen LogP contribution in [0.5, 0.6) is 0 Å². The Labute approximate surface area is 186 Å². The van der Waals surface area contributed by atoms with Gasteiger partial charge in [0.05, 0.1) is 12.8 Å². The van der Waals surface area contributed by atoms with Crippen LogP contribution in [-0.2, 0) is 22.7 Å². The second-order valence-electron chi connectivity index (χ2n) is 8.70. The molecule has 10 heteroatoms. The molecule has 0 aromatic carbocycles. The molecule has 0 saturated heterocycles. The standard InChI is InChI=1S/C22H30N6O4/c1-6-8-17(21(30)23-22(3,4)5)27(13-16-9-7-12-31-16)19(29)14-28-25-20(24-26-28)18-11-10-15(2)32-18/h7,9-12,17H,6,8,13-14H2,1-5H3,(H,23,30)/t17-/m0/s1. The summed E-state index contributed by atoms with van der Waals surface area (Å²) in [6.45, 7) is 9.50. The van der Waals surface area contributed by atoms with Gasteiger partial charge in [-0.3, -0.25) is 9.59 Å². The Kier molecular flexibility index (Phi) is 7.12. The van der Waals surface area contributed by atoms with E-state index in [9.17, 15) is 9.59 Å². The van der Waals surface area contributed by atoms with Gasteiger partial charge in [-0.2, -0.15) is 4.80 Å². The second kappa shape index (κ2) is 9.80. The van der Waals surface area contributed by atoms with Gasteiger partial charge in [-0.15, -0.1) is 10.2 Å². The first-order valence-corrected chi connectivity index (χ1v) is 10.6. The van der Waals surface area contributed by atoms with Crippen LogP contribution < -0.4 is 5.32 Å². The second-order valence-corrected chi connectivity index (χ2v) is 8.70. The smallest absolute Gasteiger partial charge is 0.247 e. The van der Waals surface area contributed by atoms with Crippen LogP contribution in [0.4, 0.5) is 0 Å². The van der Waals surface area contributed by atoms with Crippen molar-refractivity contribution in [1.82, 2.24) is 30.4 Å². The Morgan fingerprint density at radius 3 is 2.62 bits per heavy atom. The van der Waals surface area contributed by atoms with Gasteiger partial charge in [-0.25, -0.2) is 0 Å². The van der Waals surface area contributed by atoms with Gasteiger partial charge < -0.3 is 19.1 Å². The van der Waals surface area contributed by atoms with Crippen LogP contribution in [0.2, 0.25) is 0 Å². The van der Waals surface area contributed by atoms with Gasteiger partial charge in [0.2, 0.25) is 17.6 Å². The first-order valence-electron chi connectivity index (χ1n) is 10.6. The van der Waals surface area contributed by atoms with E-state index in [0.29, 0.717) is 23.8 Å². The minimum absolute atomic E-state index is 0.160. The number of carbonyl (C=O) groups is 2. The third kappa shape index (κ3) is 6.05. The molecular weight excluding hydrogens is 412 g/mol. The van der Waals surface area contributed by atoms with Crippen molar-refractivity contribution in [3.8, 4) is 11.6 Å². The highest BCUT2D eigenvalue weighted by Gasteiger charge is 2.32. The third-order valence-electron chi connectivity index (χ3n) is 4.66. The Morgan fingerprint density at radius 1 is 1.25 bits per heavy atom. The van der Waals surface area contributed by atoms with Gasteiger partial charge in [0.15, 0.2) is 5.76 Å². The number of nitrogens with one attached hydrogen (secondary N) is 1. The Bertz CT molecular complexity index is 1030. The first-order chi connectivity index (χ1) is 15.2. The van der Waals surface area contributed by atoms with Crippen molar-refractivity contribution in [1.29, 1.82) is 0 Å². The fraction of sp³-hybridized carbons (Fsp3) is 0.500. The number of hydrogen-bond donors (Lipinski definition) is 1. The molecule has 0 aliphatic carbocycles. The zero-order valence-corrected chi connectivity index (χ0v) is 19.2. The maximum absolute atomic E-state index is 13.3. The van der Waals surface area contributed by atoms with Crippen molar-refractivity contribution in [3.63, 3.8) is 0 Å². The van der Waals surface area contributed by atoms with Crippen molar-refractivity contribution in [2.75, 3.05) is 0 Å². The topological polar surface area (TPSA) is 119 Å². The zero-order valence-electron chi connectivity index (χ0n) is 19.2. The van der Waals surface area contributed by atoms with Crippen LogP contribution in [0.3, 0.4) is 0 Å². The highest BCUT2D eigenvalue weighted by atomic mass is 16.3. The minimum atomic E-state index is -0.660. The lowest BCUT2D eigenvalue weighted by molar-refractivity contribution is -0.143. The van der Waals surface area contributed by atoms with E-state index in [1.807, 2.05) is 34.6 Å². The fourth-order valence-corrected chi connectivity index (χ4v) is 3.27. The van der Waals surface area contributed by atoms with Gasteiger partial charge in [0, 0.05) is 5.54 Å². The summed E-state index contributed by atoms with van der Waals surface area (Å²) in [5, 5.41) is 15.2. The molecule has 32 heavy (non-hydrogen) atoms. The Balaban J connectivity index is 1.82. The van der Waals surface area contributed by atoms with E-state index < -0.39 is 11.6 Å². The van der Waals surface area contributed by atoms with Crippen LogP contribution in [0.1, 0.15) is 52.1 Å². The molecule has 3 aromatic heterocycles. The molecule has 3 rings (SSSR count). The largest absolute Gasteiger partial charge is 0.467 e. The predicted molar refractivity (Wildman–Crippen MR) is 116 cm³/mol. The Hall–Kier alpha value is -3.43. The normalized spacial score (nSPS) is 12.5. The van der Waals surface area contributed by atoms with E-state index in [0.717, 1.165) is 12.2 Å². The van der Waals surface area contributed by atoms with E-state index >= 15 is 0 Å². The Morgan fingerprint density at radius 2 is 2.03 bits per heavy atom. The number of carbonyl (C=O) groups excluding carboxylic acids is 2.